The van der Waals surface area contributed by atoms with Gasteiger partial charge in [0.25, 0.3) is 0 Å². The molecule has 6 nitrogen and oxygen atoms in total. The van der Waals surface area contributed by atoms with E-state index in [9.17, 15) is 8.42 Å². The molecule has 100 valence electrons. The number of rotatable bonds is 4. The lowest BCUT2D eigenvalue weighted by Crippen LogP contribution is -2.11. The van der Waals surface area contributed by atoms with Gasteiger partial charge in [-0.15, -0.1) is 10.2 Å². The maximum atomic E-state index is 11.0. The maximum Gasteiger partial charge on any atom is 0.231 e. The van der Waals surface area contributed by atoms with Crippen molar-refractivity contribution in [3.05, 3.63) is 41.4 Å². The molecule has 0 unspecified atom stereocenters. The second-order valence-corrected chi connectivity index (χ2v) is 6.00. The first-order chi connectivity index (χ1) is 8.92. The van der Waals surface area contributed by atoms with Gasteiger partial charge in [0, 0.05) is 10.7 Å². The summed E-state index contributed by atoms with van der Waals surface area (Å²) in [4.78, 5) is 0. The van der Waals surface area contributed by atoms with Gasteiger partial charge in [0.2, 0.25) is 10.0 Å². The number of sulfonamides is 1. The Labute approximate surface area is 115 Å². The fourth-order valence-electron chi connectivity index (χ4n) is 1.36. The van der Waals surface area contributed by atoms with Crippen molar-refractivity contribution in [2.75, 3.05) is 16.3 Å². The molecule has 1 aromatic heterocycles. The van der Waals surface area contributed by atoms with Crippen LogP contribution in [0.4, 0.5) is 17.3 Å². The average molecular weight is 299 g/mol. The van der Waals surface area contributed by atoms with Crippen LogP contribution < -0.4 is 10.0 Å². The average Bonchev–Trinajstić information content (AvgIpc) is 2.30. The summed E-state index contributed by atoms with van der Waals surface area (Å²) in [6.07, 6.45) is 1.05. The molecule has 19 heavy (non-hydrogen) atoms. The smallest absolute Gasteiger partial charge is 0.231 e. The van der Waals surface area contributed by atoms with E-state index in [1.807, 2.05) is 6.07 Å². The molecular weight excluding hydrogens is 288 g/mol. The highest BCUT2D eigenvalue weighted by Crippen LogP contribution is 2.18. The molecule has 0 aliphatic heterocycles. The molecule has 2 aromatic rings. The van der Waals surface area contributed by atoms with Crippen molar-refractivity contribution >= 4 is 38.9 Å². The molecule has 0 saturated carbocycles. The van der Waals surface area contributed by atoms with Crippen LogP contribution in [0.1, 0.15) is 0 Å². The van der Waals surface area contributed by atoms with Crippen molar-refractivity contribution in [2.24, 2.45) is 0 Å². The number of nitrogens with one attached hydrogen (secondary N) is 2. The van der Waals surface area contributed by atoms with Gasteiger partial charge in [-0.1, -0.05) is 17.7 Å². The molecular formula is C11H11ClN4O2S. The molecule has 0 saturated heterocycles. The van der Waals surface area contributed by atoms with Gasteiger partial charge < -0.3 is 5.32 Å². The standard InChI is InChI=1S/C11H11ClN4O2S/c1-19(17,18)16-11-6-5-10(14-15-11)13-9-4-2-3-8(12)7-9/h2-7H,1H3,(H,13,14)(H,15,16). The first-order valence-electron chi connectivity index (χ1n) is 5.26. The van der Waals surface area contributed by atoms with Crippen molar-refractivity contribution in [3.8, 4) is 0 Å². The van der Waals surface area contributed by atoms with Crippen molar-refractivity contribution in [1.82, 2.24) is 10.2 Å². The van der Waals surface area contributed by atoms with E-state index in [-0.39, 0.29) is 5.82 Å². The zero-order chi connectivity index (χ0) is 13.9. The number of aromatic nitrogens is 2. The fraction of sp³-hybridized carbons (Fsp3) is 0.0909. The molecule has 1 aromatic carbocycles. The summed E-state index contributed by atoms with van der Waals surface area (Å²) < 4.78 is 24.2. The predicted molar refractivity (Wildman–Crippen MR) is 75.2 cm³/mol. The molecule has 0 fully saturated rings. The minimum Gasteiger partial charge on any atom is -0.339 e. The predicted octanol–water partition coefficient (Wildman–Crippen LogP) is 2.25. The monoisotopic (exact) mass is 298 g/mol. The van der Waals surface area contributed by atoms with Gasteiger partial charge in [0.15, 0.2) is 11.6 Å². The van der Waals surface area contributed by atoms with Crippen molar-refractivity contribution in [3.63, 3.8) is 0 Å². The number of anilines is 3. The molecule has 0 bridgehead atoms. The Hall–Kier alpha value is -1.86. The Morgan fingerprint density at radius 1 is 1.11 bits per heavy atom. The first-order valence-corrected chi connectivity index (χ1v) is 7.53. The Morgan fingerprint density at radius 2 is 1.79 bits per heavy atom. The molecule has 0 atom stereocenters. The van der Waals surface area contributed by atoms with Crippen LogP contribution in [-0.2, 0) is 10.0 Å². The molecule has 0 aliphatic rings. The molecule has 0 aliphatic carbocycles. The van der Waals surface area contributed by atoms with Crippen LogP contribution in [0.25, 0.3) is 0 Å². The minimum absolute atomic E-state index is 0.166. The molecule has 2 rings (SSSR count). The minimum atomic E-state index is -3.34. The topological polar surface area (TPSA) is 84.0 Å². The van der Waals surface area contributed by atoms with E-state index in [0.717, 1.165) is 11.9 Å². The third-order valence-corrected chi connectivity index (χ3v) is 2.87. The van der Waals surface area contributed by atoms with Gasteiger partial charge in [0.1, 0.15) is 0 Å². The van der Waals surface area contributed by atoms with Crippen molar-refractivity contribution in [2.45, 2.75) is 0 Å². The highest BCUT2D eigenvalue weighted by Gasteiger charge is 2.04. The highest BCUT2D eigenvalue weighted by atomic mass is 35.5. The number of hydrogen-bond acceptors (Lipinski definition) is 5. The Bertz CT molecular complexity index is 673. The quantitative estimate of drug-likeness (QED) is 0.904. The third kappa shape index (κ3) is 4.38. The van der Waals surface area contributed by atoms with Crippen LogP contribution >= 0.6 is 11.6 Å². The summed E-state index contributed by atoms with van der Waals surface area (Å²) in [5.74, 6) is 0.653. The second kappa shape index (κ2) is 5.41. The third-order valence-electron chi connectivity index (χ3n) is 2.05. The van der Waals surface area contributed by atoms with Gasteiger partial charge in [-0.2, -0.15) is 0 Å². The lowest BCUT2D eigenvalue weighted by molar-refractivity contribution is 0.606. The molecule has 8 heteroatoms. The summed E-state index contributed by atoms with van der Waals surface area (Å²) in [6.45, 7) is 0. The van der Waals surface area contributed by atoms with E-state index in [2.05, 4.69) is 20.2 Å². The zero-order valence-corrected chi connectivity index (χ0v) is 11.5. The normalized spacial score (nSPS) is 11.1. The Morgan fingerprint density at radius 3 is 2.37 bits per heavy atom. The first kappa shape index (κ1) is 13.6. The Balaban J connectivity index is 2.11. The fourth-order valence-corrected chi connectivity index (χ4v) is 2.04. The highest BCUT2D eigenvalue weighted by molar-refractivity contribution is 7.92. The van der Waals surface area contributed by atoms with Crippen LogP contribution in [-0.4, -0.2) is 24.9 Å². The largest absolute Gasteiger partial charge is 0.339 e. The number of halogens is 1. The van der Waals surface area contributed by atoms with E-state index in [0.29, 0.717) is 10.8 Å². The van der Waals surface area contributed by atoms with Crippen LogP contribution in [0.3, 0.4) is 0 Å². The lowest BCUT2D eigenvalue weighted by Gasteiger charge is -2.06. The second-order valence-electron chi connectivity index (χ2n) is 3.81. The van der Waals surface area contributed by atoms with Crippen LogP contribution in [0.5, 0.6) is 0 Å². The number of benzene rings is 1. The number of nitrogens with zero attached hydrogens (tertiary/aromatic N) is 2. The summed E-state index contributed by atoms with van der Waals surface area (Å²) in [6, 6.07) is 10.3. The summed E-state index contributed by atoms with van der Waals surface area (Å²) in [7, 11) is -3.34. The molecule has 0 spiro atoms. The lowest BCUT2D eigenvalue weighted by atomic mass is 10.3. The molecule has 2 N–H and O–H groups in total. The summed E-state index contributed by atoms with van der Waals surface area (Å²) in [5, 5.41) is 11.2. The van der Waals surface area contributed by atoms with Crippen molar-refractivity contribution in [1.29, 1.82) is 0 Å². The van der Waals surface area contributed by atoms with Gasteiger partial charge in [-0.3, -0.25) is 4.72 Å². The van der Waals surface area contributed by atoms with Crippen molar-refractivity contribution < 1.29 is 8.42 Å². The maximum absolute atomic E-state index is 11.0. The van der Waals surface area contributed by atoms with Crippen LogP contribution in [0.2, 0.25) is 5.02 Å². The Kier molecular flexibility index (Phi) is 3.87. The van der Waals surface area contributed by atoms with E-state index in [4.69, 9.17) is 11.6 Å². The molecule has 1 heterocycles. The SMILES string of the molecule is CS(=O)(=O)Nc1ccc(Nc2cccc(Cl)c2)nn1. The summed E-state index contributed by atoms with van der Waals surface area (Å²) >= 11 is 5.86. The van der Waals surface area contributed by atoms with Crippen LogP contribution in [0.15, 0.2) is 36.4 Å². The van der Waals surface area contributed by atoms with Crippen LogP contribution in [0, 0.1) is 0 Å². The summed E-state index contributed by atoms with van der Waals surface area (Å²) in [5.41, 5.74) is 0.769. The molecule has 0 radical (unpaired) electrons. The molecule has 0 amide bonds. The zero-order valence-electron chi connectivity index (χ0n) is 9.96. The van der Waals surface area contributed by atoms with E-state index < -0.39 is 10.0 Å². The van der Waals surface area contributed by atoms with E-state index >= 15 is 0 Å². The van der Waals surface area contributed by atoms with E-state index in [1.54, 1.807) is 24.3 Å². The van der Waals surface area contributed by atoms with E-state index in [1.165, 1.54) is 6.07 Å². The van der Waals surface area contributed by atoms with Gasteiger partial charge >= 0.3 is 0 Å². The van der Waals surface area contributed by atoms with Gasteiger partial charge in [0.05, 0.1) is 6.26 Å². The number of hydrogen-bond donors (Lipinski definition) is 2. The van der Waals surface area contributed by atoms with Gasteiger partial charge in [-0.05, 0) is 30.3 Å². The van der Waals surface area contributed by atoms with Gasteiger partial charge in [-0.25, -0.2) is 8.42 Å².